The molecule has 0 spiro atoms. The fourth-order valence-electron chi connectivity index (χ4n) is 1.06. The third-order valence-electron chi connectivity index (χ3n) is 1.59. The van der Waals surface area contributed by atoms with Crippen LogP contribution >= 0.6 is 11.8 Å². The first-order chi connectivity index (χ1) is 6.22. The fourth-order valence-corrected chi connectivity index (χ4v) is 1.56. The number of aromatic amines is 1. The van der Waals surface area contributed by atoms with Gasteiger partial charge < -0.3 is 5.73 Å². The molecule has 68 valence electrons. The quantitative estimate of drug-likeness (QED) is 0.614. The van der Waals surface area contributed by atoms with Crippen molar-refractivity contribution in [3.63, 3.8) is 0 Å². The minimum absolute atomic E-state index is 0.273. The van der Waals surface area contributed by atoms with E-state index in [-0.39, 0.29) is 5.56 Å². The highest BCUT2D eigenvalue weighted by Gasteiger charge is 2.07. The van der Waals surface area contributed by atoms with Crippen molar-refractivity contribution in [1.29, 1.82) is 0 Å². The number of nitrogens with two attached hydrogens (primary N) is 1. The molecule has 3 N–H and O–H groups in total. The number of nitrogen functional groups attached to an aromatic ring is 1. The molecule has 0 aromatic carbocycles. The number of fused-ring (bicyclic) bond motifs is 1. The van der Waals surface area contributed by atoms with Crippen molar-refractivity contribution >= 4 is 23.4 Å². The van der Waals surface area contributed by atoms with Crippen molar-refractivity contribution in [2.45, 2.75) is 5.16 Å². The van der Waals surface area contributed by atoms with Crippen molar-refractivity contribution in [3.8, 4) is 0 Å². The summed E-state index contributed by atoms with van der Waals surface area (Å²) in [6.07, 6.45) is 1.86. The van der Waals surface area contributed by atoms with Gasteiger partial charge in [-0.25, -0.2) is 4.40 Å². The van der Waals surface area contributed by atoms with Gasteiger partial charge in [-0.1, -0.05) is 11.8 Å². The van der Waals surface area contributed by atoms with E-state index in [1.54, 1.807) is 4.40 Å². The van der Waals surface area contributed by atoms with Gasteiger partial charge in [0.1, 0.15) is 5.82 Å². The zero-order chi connectivity index (χ0) is 9.42. The Kier molecular flexibility index (Phi) is 1.73. The first-order valence-corrected chi connectivity index (χ1v) is 4.73. The van der Waals surface area contributed by atoms with Crippen LogP contribution < -0.4 is 11.3 Å². The van der Waals surface area contributed by atoms with E-state index in [0.29, 0.717) is 16.8 Å². The molecular weight excluding hydrogens is 190 g/mol. The lowest BCUT2D eigenvalue weighted by Gasteiger charge is -1.98. The summed E-state index contributed by atoms with van der Waals surface area (Å²) in [5.74, 6) is 0.711. The lowest BCUT2D eigenvalue weighted by molar-refractivity contribution is 0.927. The maximum atomic E-state index is 11.0. The third-order valence-corrected chi connectivity index (χ3v) is 2.22. The molecular formula is C6H7N5OS. The van der Waals surface area contributed by atoms with E-state index < -0.39 is 0 Å². The van der Waals surface area contributed by atoms with Crippen LogP contribution in [0.3, 0.4) is 0 Å². The van der Waals surface area contributed by atoms with E-state index in [0.717, 1.165) is 0 Å². The molecule has 2 aromatic heterocycles. The van der Waals surface area contributed by atoms with Gasteiger partial charge in [-0.3, -0.25) is 9.78 Å². The first kappa shape index (κ1) is 8.11. The molecule has 13 heavy (non-hydrogen) atoms. The van der Waals surface area contributed by atoms with Crippen LogP contribution in [-0.2, 0) is 0 Å². The van der Waals surface area contributed by atoms with Gasteiger partial charge in [0.25, 0.3) is 5.56 Å². The SMILES string of the molecule is CSc1nnc2[nH]c(=O)cc(N)n12. The van der Waals surface area contributed by atoms with E-state index in [9.17, 15) is 4.79 Å². The van der Waals surface area contributed by atoms with Crippen LogP contribution in [0.4, 0.5) is 5.82 Å². The summed E-state index contributed by atoms with van der Waals surface area (Å²) in [4.78, 5) is 13.5. The summed E-state index contributed by atoms with van der Waals surface area (Å²) in [7, 11) is 0. The van der Waals surface area contributed by atoms with Crippen molar-refractivity contribution < 1.29 is 0 Å². The molecule has 2 aromatic rings. The molecule has 0 fully saturated rings. The number of nitrogens with one attached hydrogen (secondary N) is 1. The Morgan fingerprint density at radius 1 is 1.62 bits per heavy atom. The Morgan fingerprint density at radius 2 is 2.38 bits per heavy atom. The summed E-state index contributed by atoms with van der Waals surface area (Å²) >= 11 is 1.41. The van der Waals surface area contributed by atoms with Crippen LogP contribution in [0.2, 0.25) is 0 Å². The van der Waals surface area contributed by atoms with Gasteiger partial charge in [0.2, 0.25) is 5.78 Å². The summed E-state index contributed by atoms with van der Waals surface area (Å²) in [5.41, 5.74) is 5.35. The number of H-pyrrole nitrogens is 1. The van der Waals surface area contributed by atoms with E-state index >= 15 is 0 Å². The summed E-state index contributed by atoms with van der Waals surface area (Å²) < 4.78 is 1.59. The Balaban J connectivity index is 2.90. The highest BCUT2D eigenvalue weighted by molar-refractivity contribution is 7.98. The predicted molar refractivity (Wildman–Crippen MR) is 49.8 cm³/mol. The van der Waals surface area contributed by atoms with Crippen molar-refractivity contribution in [1.82, 2.24) is 19.6 Å². The van der Waals surface area contributed by atoms with Gasteiger partial charge in [0, 0.05) is 6.07 Å². The molecule has 2 heterocycles. The minimum Gasteiger partial charge on any atom is -0.385 e. The van der Waals surface area contributed by atoms with Gasteiger partial charge in [-0.2, -0.15) is 0 Å². The van der Waals surface area contributed by atoms with Gasteiger partial charge in [-0.15, -0.1) is 10.2 Å². The van der Waals surface area contributed by atoms with Crippen molar-refractivity contribution in [2.75, 3.05) is 12.0 Å². The maximum Gasteiger partial charge on any atom is 0.254 e. The molecule has 0 bridgehead atoms. The summed E-state index contributed by atoms with van der Waals surface area (Å²) in [5, 5.41) is 8.27. The highest BCUT2D eigenvalue weighted by Crippen LogP contribution is 2.14. The van der Waals surface area contributed by atoms with Gasteiger partial charge >= 0.3 is 0 Å². The molecule has 0 aliphatic carbocycles. The van der Waals surface area contributed by atoms with E-state index in [2.05, 4.69) is 15.2 Å². The largest absolute Gasteiger partial charge is 0.385 e. The number of aromatic nitrogens is 4. The normalized spacial score (nSPS) is 10.8. The zero-order valence-corrected chi connectivity index (χ0v) is 7.63. The molecule has 0 aliphatic rings. The van der Waals surface area contributed by atoms with E-state index in [4.69, 9.17) is 5.73 Å². The smallest absolute Gasteiger partial charge is 0.254 e. The van der Waals surface area contributed by atoms with Gasteiger partial charge in [-0.05, 0) is 6.26 Å². The molecule has 0 amide bonds. The standard InChI is InChI=1S/C6H7N5OS/c1-13-6-10-9-5-8-4(12)2-3(7)11(5)6/h2H,7H2,1H3,(H,8,9,12). The van der Waals surface area contributed by atoms with Crippen LogP contribution in [0.1, 0.15) is 0 Å². The Hall–Kier alpha value is -1.50. The molecule has 7 heteroatoms. The Labute approximate surface area is 77.2 Å². The van der Waals surface area contributed by atoms with E-state index in [1.807, 2.05) is 6.26 Å². The number of anilines is 1. The number of rotatable bonds is 1. The molecule has 0 aliphatic heterocycles. The second-order valence-corrected chi connectivity index (χ2v) is 3.18. The maximum absolute atomic E-state index is 11.0. The molecule has 0 unspecified atom stereocenters. The lowest BCUT2D eigenvalue weighted by atomic mass is 10.6. The van der Waals surface area contributed by atoms with Crippen molar-refractivity contribution in [3.05, 3.63) is 16.4 Å². The third kappa shape index (κ3) is 1.17. The lowest BCUT2D eigenvalue weighted by Crippen LogP contribution is -2.11. The second kappa shape index (κ2) is 2.77. The van der Waals surface area contributed by atoms with Crippen LogP contribution in [0.15, 0.2) is 16.0 Å². The Bertz CT molecular complexity index is 501. The zero-order valence-electron chi connectivity index (χ0n) is 6.81. The summed E-state index contributed by atoms with van der Waals surface area (Å²) in [6.45, 7) is 0. The van der Waals surface area contributed by atoms with Crippen LogP contribution in [-0.4, -0.2) is 25.8 Å². The highest BCUT2D eigenvalue weighted by atomic mass is 32.2. The molecule has 2 rings (SSSR count). The van der Waals surface area contributed by atoms with E-state index in [1.165, 1.54) is 17.8 Å². The fraction of sp³-hybridized carbons (Fsp3) is 0.167. The molecule has 0 saturated heterocycles. The van der Waals surface area contributed by atoms with Gasteiger partial charge in [0.15, 0.2) is 5.16 Å². The number of hydrogen-bond acceptors (Lipinski definition) is 5. The average Bonchev–Trinajstić information content (AvgIpc) is 2.47. The average molecular weight is 197 g/mol. The van der Waals surface area contributed by atoms with Gasteiger partial charge in [0.05, 0.1) is 0 Å². The Morgan fingerprint density at radius 3 is 3.08 bits per heavy atom. The molecule has 0 radical (unpaired) electrons. The molecule has 0 saturated carbocycles. The van der Waals surface area contributed by atoms with Crippen molar-refractivity contribution in [2.24, 2.45) is 0 Å². The summed E-state index contributed by atoms with van der Waals surface area (Å²) in [6, 6.07) is 1.30. The second-order valence-electron chi connectivity index (χ2n) is 2.40. The predicted octanol–water partition coefficient (Wildman–Crippen LogP) is -0.278. The number of nitrogens with zero attached hydrogens (tertiary/aromatic N) is 3. The number of hydrogen-bond donors (Lipinski definition) is 2. The first-order valence-electron chi connectivity index (χ1n) is 3.50. The van der Waals surface area contributed by atoms with Crippen LogP contribution in [0.25, 0.3) is 5.78 Å². The molecule has 0 atom stereocenters. The van der Waals surface area contributed by atoms with Crippen LogP contribution in [0.5, 0.6) is 0 Å². The number of thioether (sulfide) groups is 1. The van der Waals surface area contributed by atoms with Crippen LogP contribution in [0, 0.1) is 0 Å². The topological polar surface area (TPSA) is 89.1 Å². The monoisotopic (exact) mass is 197 g/mol. The minimum atomic E-state index is -0.273. The molecule has 6 nitrogen and oxygen atoms in total.